The molecule has 21 heavy (non-hydrogen) atoms. The van der Waals surface area contributed by atoms with Crippen molar-refractivity contribution < 1.29 is 5.11 Å². The van der Waals surface area contributed by atoms with E-state index in [1.807, 2.05) is 19.1 Å². The van der Waals surface area contributed by atoms with E-state index in [9.17, 15) is 5.11 Å². The molecule has 0 saturated heterocycles. The number of thiazole rings is 1. The van der Waals surface area contributed by atoms with Crippen molar-refractivity contribution in [1.82, 2.24) is 4.98 Å². The highest BCUT2D eigenvalue weighted by Crippen LogP contribution is 2.30. The fourth-order valence-electron chi connectivity index (χ4n) is 2.23. The Balaban J connectivity index is 2.18. The molecule has 0 radical (unpaired) electrons. The van der Waals surface area contributed by atoms with Crippen LogP contribution < -0.4 is 0 Å². The number of benzene rings is 1. The largest absolute Gasteiger partial charge is 0.385 e. The van der Waals surface area contributed by atoms with Crippen LogP contribution in [0.3, 0.4) is 0 Å². The fourth-order valence-corrected chi connectivity index (χ4v) is 3.40. The van der Waals surface area contributed by atoms with Gasteiger partial charge in [-0.05, 0) is 24.5 Å². The van der Waals surface area contributed by atoms with Gasteiger partial charge in [-0.3, -0.25) is 0 Å². The van der Waals surface area contributed by atoms with Gasteiger partial charge in [-0.15, -0.1) is 11.3 Å². The molecule has 0 aliphatic heterocycles. The number of aliphatic hydroxyl groups is 1. The smallest absolute Gasteiger partial charge is 0.0960 e. The van der Waals surface area contributed by atoms with Gasteiger partial charge >= 0.3 is 0 Å². The van der Waals surface area contributed by atoms with Crippen molar-refractivity contribution in [3.63, 3.8) is 0 Å². The van der Waals surface area contributed by atoms with Crippen molar-refractivity contribution in [2.75, 3.05) is 0 Å². The lowest BCUT2D eigenvalue weighted by Gasteiger charge is -2.23. The molecule has 0 fully saturated rings. The van der Waals surface area contributed by atoms with Crippen molar-refractivity contribution in [2.24, 2.45) is 0 Å². The van der Waals surface area contributed by atoms with E-state index in [1.54, 1.807) is 11.3 Å². The summed E-state index contributed by atoms with van der Waals surface area (Å²) in [6, 6.07) is 8.23. The lowest BCUT2D eigenvalue weighted by atomic mass is 9.91. The molecule has 1 aromatic carbocycles. The maximum atomic E-state index is 10.8. The third kappa shape index (κ3) is 3.92. The van der Waals surface area contributed by atoms with Crippen LogP contribution >= 0.6 is 11.3 Å². The first-order chi connectivity index (χ1) is 9.72. The van der Waals surface area contributed by atoms with E-state index in [-0.39, 0.29) is 5.41 Å². The van der Waals surface area contributed by atoms with E-state index < -0.39 is 5.60 Å². The SMILES string of the molecule is CCc1ccc(C(C)(O)Cc2nc(C(C)(C)C)cs2)cc1. The first-order valence-electron chi connectivity index (χ1n) is 7.49. The van der Waals surface area contributed by atoms with Crippen LogP contribution in [0.15, 0.2) is 29.6 Å². The highest BCUT2D eigenvalue weighted by molar-refractivity contribution is 7.09. The van der Waals surface area contributed by atoms with Crippen LogP contribution in [0.2, 0.25) is 0 Å². The normalized spacial score (nSPS) is 15.0. The predicted molar refractivity (Wildman–Crippen MR) is 89.9 cm³/mol. The van der Waals surface area contributed by atoms with Crippen LogP contribution in [0.5, 0.6) is 0 Å². The minimum Gasteiger partial charge on any atom is -0.385 e. The van der Waals surface area contributed by atoms with Gasteiger partial charge in [0.1, 0.15) is 0 Å². The summed E-state index contributed by atoms with van der Waals surface area (Å²) in [4.78, 5) is 4.68. The zero-order valence-corrected chi connectivity index (χ0v) is 14.4. The Hall–Kier alpha value is -1.19. The average Bonchev–Trinajstić information content (AvgIpc) is 2.86. The van der Waals surface area contributed by atoms with Gasteiger partial charge in [-0.25, -0.2) is 4.98 Å². The fraction of sp³-hybridized carbons (Fsp3) is 0.500. The third-order valence-electron chi connectivity index (χ3n) is 3.80. The van der Waals surface area contributed by atoms with E-state index in [0.29, 0.717) is 6.42 Å². The Morgan fingerprint density at radius 2 is 1.71 bits per heavy atom. The first kappa shape index (κ1) is 16.2. The van der Waals surface area contributed by atoms with Gasteiger partial charge < -0.3 is 5.11 Å². The van der Waals surface area contributed by atoms with Crippen molar-refractivity contribution in [3.8, 4) is 0 Å². The van der Waals surface area contributed by atoms with Crippen LogP contribution in [0, 0.1) is 0 Å². The average molecular weight is 303 g/mol. The van der Waals surface area contributed by atoms with E-state index in [2.05, 4.69) is 50.2 Å². The number of nitrogens with zero attached hydrogens (tertiary/aromatic N) is 1. The van der Waals surface area contributed by atoms with Gasteiger partial charge in [0.05, 0.1) is 16.3 Å². The van der Waals surface area contributed by atoms with E-state index in [4.69, 9.17) is 0 Å². The molecule has 2 aromatic rings. The second-order valence-electron chi connectivity index (χ2n) is 6.88. The van der Waals surface area contributed by atoms with Gasteiger partial charge in [-0.1, -0.05) is 52.0 Å². The Bertz CT molecular complexity index is 590. The molecule has 2 nitrogen and oxygen atoms in total. The minimum atomic E-state index is -0.876. The second kappa shape index (κ2) is 5.90. The van der Waals surface area contributed by atoms with Crippen molar-refractivity contribution in [1.29, 1.82) is 0 Å². The highest BCUT2D eigenvalue weighted by atomic mass is 32.1. The third-order valence-corrected chi connectivity index (χ3v) is 4.65. The molecule has 114 valence electrons. The molecular weight excluding hydrogens is 278 g/mol. The summed E-state index contributed by atoms with van der Waals surface area (Å²) >= 11 is 1.63. The van der Waals surface area contributed by atoms with Crippen LogP contribution in [0.4, 0.5) is 0 Å². The first-order valence-corrected chi connectivity index (χ1v) is 8.37. The number of hydrogen-bond acceptors (Lipinski definition) is 3. The van der Waals surface area contributed by atoms with E-state index in [1.165, 1.54) is 5.56 Å². The standard InChI is InChI=1S/C18H25NOS/c1-6-13-7-9-14(10-8-13)18(5,20)11-16-19-15(12-21-16)17(2,3)4/h7-10,12,20H,6,11H2,1-5H3. The lowest BCUT2D eigenvalue weighted by molar-refractivity contribution is 0.0575. The quantitative estimate of drug-likeness (QED) is 0.905. The molecule has 2 rings (SSSR count). The minimum absolute atomic E-state index is 0.0589. The molecule has 1 N–H and O–H groups in total. The molecular formula is C18H25NOS. The molecule has 0 aliphatic carbocycles. The summed E-state index contributed by atoms with van der Waals surface area (Å²) in [6.45, 7) is 10.5. The van der Waals surface area contributed by atoms with Gasteiger partial charge in [0.15, 0.2) is 0 Å². The zero-order valence-electron chi connectivity index (χ0n) is 13.6. The Morgan fingerprint density at radius 3 is 2.19 bits per heavy atom. The zero-order chi connectivity index (χ0) is 15.7. The summed E-state index contributed by atoms with van der Waals surface area (Å²) in [5.74, 6) is 0. The Labute approximate surface area is 131 Å². The Kier molecular flexibility index (Phi) is 4.54. The molecule has 1 unspecified atom stereocenters. The van der Waals surface area contributed by atoms with Gasteiger partial charge in [0.2, 0.25) is 0 Å². The summed E-state index contributed by atoms with van der Waals surface area (Å²) in [5, 5.41) is 13.9. The molecule has 3 heteroatoms. The number of aryl methyl sites for hydroxylation is 1. The van der Waals surface area contributed by atoms with E-state index in [0.717, 1.165) is 22.7 Å². The maximum Gasteiger partial charge on any atom is 0.0960 e. The topological polar surface area (TPSA) is 33.1 Å². The number of aromatic nitrogens is 1. The van der Waals surface area contributed by atoms with Crippen LogP contribution in [0.1, 0.15) is 56.4 Å². The summed E-state index contributed by atoms with van der Waals surface area (Å²) in [5.41, 5.74) is 2.52. The van der Waals surface area contributed by atoms with E-state index >= 15 is 0 Å². The molecule has 0 aliphatic rings. The molecule has 0 spiro atoms. The van der Waals surface area contributed by atoms with Gasteiger partial charge in [-0.2, -0.15) is 0 Å². The molecule has 0 saturated carbocycles. The maximum absolute atomic E-state index is 10.8. The molecule has 0 amide bonds. The molecule has 1 heterocycles. The monoisotopic (exact) mass is 303 g/mol. The number of hydrogen-bond donors (Lipinski definition) is 1. The number of rotatable bonds is 4. The van der Waals surface area contributed by atoms with Crippen LogP contribution in [0.25, 0.3) is 0 Å². The second-order valence-corrected chi connectivity index (χ2v) is 7.82. The van der Waals surface area contributed by atoms with Gasteiger partial charge in [0.25, 0.3) is 0 Å². The summed E-state index contributed by atoms with van der Waals surface area (Å²) in [7, 11) is 0. The van der Waals surface area contributed by atoms with Crippen LogP contribution in [-0.4, -0.2) is 10.1 Å². The molecule has 1 aromatic heterocycles. The van der Waals surface area contributed by atoms with Gasteiger partial charge in [0, 0.05) is 17.2 Å². The van der Waals surface area contributed by atoms with Crippen molar-refractivity contribution >= 4 is 11.3 Å². The van der Waals surface area contributed by atoms with Crippen LogP contribution in [-0.2, 0) is 23.9 Å². The lowest BCUT2D eigenvalue weighted by Crippen LogP contribution is -2.24. The molecule has 1 atom stereocenters. The van der Waals surface area contributed by atoms with Crippen molar-refractivity contribution in [2.45, 2.75) is 58.5 Å². The summed E-state index contributed by atoms with van der Waals surface area (Å²) in [6.07, 6.45) is 1.57. The van der Waals surface area contributed by atoms with Crippen molar-refractivity contribution in [3.05, 3.63) is 51.5 Å². The molecule has 0 bridgehead atoms. The highest BCUT2D eigenvalue weighted by Gasteiger charge is 2.26. The Morgan fingerprint density at radius 1 is 1.10 bits per heavy atom. The predicted octanol–water partition coefficient (Wildman–Crippen LogP) is 4.45. The summed E-state index contributed by atoms with van der Waals surface area (Å²) < 4.78 is 0.